The molecule has 1 fully saturated rings. The first-order chi connectivity index (χ1) is 15.2. The van der Waals surface area contributed by atoms with Crippen LogP contribution in [0.15, 0.2) is 30.6 Å². The second kappa shape index (κ2) is 8.76. The molecule has 1 N–H and O–H groups in total. The first-order valence-electron chi connectivity index (χ1n) is 10.5. The average molecular weight is 448 g/mol. The number of nitrogens with one attached hydrogen (secondary N) is 1. The molecule has 2 amide bonds. The molecule has 32 heavy (non-hydrogen) atoms. The lowest BCUT2D eigenvalue weighted by molar-refractivity contribution is -0.154. The predicted octanol–water partition coefficient (Wildman–Crippen LogP) is 4.26. The minimum absolute atomic E-state index is 0.106. The van der Waals surface area contributed by atoms with E-state index in [9.17, 15) is 22.8 Å². The van der Waals surface area contributed by atoms with Gasteiger partial charge in [-0.25, -0.2) is 9.97 Å². The van der Waals surface area contributed by atoms with Crippen molar-refractivity contribution in [2.45, 2.75) is 51.4 Å². The van der Waals surface area contributed by atoms with Crippen molar-refractivity contribution in [3.05, 3.63) is 47.3 Å². The molecule has 0 spiro atoms. The molecule has 1 aliphatic carbocycles. The number of fused-ring (bicyclic) bond motifs is 1. The van der Waals surface area contributed by atoms with Crippen LogP contribution in [-0.4, -0.2) is 39.5 Å². The number of hydrogen-bond acceptors (Lipinski definition) is 5. The zero-order chi connectivity index (χ0) is 22.9. The topological polar surface area (TPSA) is 84.4 Å². The highest BCUT2D eigenvalue weighted by Crippen LogP contribution is 2.37. The van der Waals surface area contributed by atoms with E-state index in [1.165, 1.54) is 18.5 Å². The summed E-state index contributed by atoms with van der Waals surface area (Å²) in [4.78, 5) is 35.2. The molecule has 4 rings (SSSR count). The van der Waals surface area contributed by atoms with Crippen LogP contribution < -0.4 is 10.1 Å². The summed E-state index contributed by atoms with van der Waals surface area (Å²) in [6.07, 6.45) is 1.63. The zero-order valence-corrected chi connectivity index (χ0v) is 17.5. The molecule has 10 heteroatoms. The molecule has 0 radical (unpaired) electrons. The third-order valence-corrected chi connectivity index (χ3v) is 5.59. The number of nitrogens with zero attached hydrogens (tertiary/aromatic N) is 3. The maximum absolute atomic E-state index is 13.1. The molecule has 0 saturated heterocycles. The van der Waals surface area contributed by atoms with Gasteiger partial charge in [0, 0.05) is 36.0 Å². The van der Waals surface area contributed by atoms with Gasteiger partial charge in [0.15, 0.2) is 6.61 Å². The lowest BCUT2D eigenvalue weighted by Crippen LogP contribution is -2.29. The lowest BCUT2D eigenvalue weighted by Gasteiger charge is -2.27. The molecular weight excluding hydrogens is 425 g/mol. The second-order valence-electron chi connectivity index (χ2n) is 8.07. The van der Waals surface area contributed by atoms with E-state index in [0.717, 1.165) is 12.8 Å². The summed E-state index contributed by atoms with van der Waals surface area (Å²) >= 11 is 0. The first-order valence-corrected chi connectivity index (χ1v) is 10.5. The molecule has 1 aliphatic heterocycles. The highest BCUT2D eigenvalue weighted by Gasteiger charge is 2.35. The number of amides is 2. The van der Waals surface area contributed by atoms with Gasteiger partial charge in [0.25, 0.3) is 5.91 Å². The van der Waals surface area contributed by atoms with E-state index in [0.29, 0.717) is 41.3 Å². The van der Waals surface area contributed by atoms with Gasteiger partial charge in [-0.2, -0.15) is 13.2 Å². The smallest absolute Gasteiger partial charge is 0.422 e. The van der Waals surface area contributed by atoms with Gasteiger partial charge in [0.2, 0.25) is 11.8 Å². The van der Waals surface area contributed by atoms with Gasteiger partial charge >= 0.3 is 6.18 Å². The Morgan fingerprint density at radius 3 is 2.69 bits per heavy atom. The molecule has 170 valence electrons. The van der Waals surface area contributed by atoms with E-state index < -0.39 is 12.8 Å². The first kappa shape index (κ1) is 22.0. The van der Waals surface area contributed by atoms with Crippen molar-refractivity contribution in [2.24, 2.45) is 5.92 Å². The fourth-order valence-electron chi connectivity index (χ4n) is 3.84. The number of ether oxygens (including phenoxy) is 1. The van der Waals surface area contributed by atoms with E-state index in [1.54, 1.807) is 17.0 Å². The Morgan fingerprint density at radius 2 is 2.06 bits per heavy atom. The monoisotopic (exact) mass is 448 g/mol. The molecule has 0 bridgehead atoms. The molecule has 0 aromatic carbocycles. The van der Waals surface area contributed by atoms with Crippen molar-refractivity contribution in [1.29, 1.82) is 0 Å². The highest BCUT2D eigenvalue weighted by atomic mass is 19.4. The summed E-state index contributed by atoms with van der Waals surface area (Å²) in [6, 6.07) is 4.27. The van der Waals surface area contributed by atoms with Crippen molar-refractivity contribution < 1.29 is 27.5 Å². The van der Waals surface area contributed by atoms with Crippen molar-refractivity contribution in [1.82, 2.24) is 14.9 Å². The Bertz CT molecular complexity index is 1010. The van der Waals surface area contributed by atoms with Gasteiger partial charge in [0.1, 0.15) is 5.82 Å². The molecule has 1 atom stereocenters. The summed E-state index contributed by atoms with van der Waals surface area (Å²) in [5, 5.41) is 2.84. The number of carbonyl (C=O) groups is 2. The van der Waals surface area contributed by atoms with Crippen LogP contribution in [-0.2, 0) is 11.3 Å². The van der Waals surface area contributed by atoms with Gasteiger partial charge in [-0.1, -0.05) is 13.0 Å². The van der Waals surface area contributed by atoms with E-state index >= 15 is 0 Å². The van der Waals surface area contributed by atoms with Gasteiger partial charge in [-0.3, -0.25) is 9.59 Å². The Hall–Kier alpha value is -3.17. The molecule has 1 unspecified atom stereocenters. The maximum atomic E-state index is 13.1. The Kier molecular flexibility index (Phi) is 6.03. The van der Waals surface area contributed by atoms with E-state index in [1.807, 2.05) is 6.92 Å². The number of carbonyl (C=O) groups excluding carboxylic acids is 2. The summed E-state index contributed by atoms with van der Waals surface area (Å²) in [5.74, 6) is 0.397. The van der Waals surface area contributed by atoms with Crippen LogP contribution in [0.3, 0.4) is 0 Å². The molecule has 1 saturated carbocycles. The molecule has 2 aromatic rings. The Morgan fingerprint density at radius 1 is 1.28 bits per heavy atom. The minimum Gasteiger partial charge on any atom is -0.468 e. The van der Waals surface area contributed by atoms with E-state index in [2.05, 4.69) is 20.0 Å². The average Bonchev–Trinajstić information content (AvgIpc) is 3.50. The van der Waals surface area contributed by atoms with Crippen molar-refractivity contribution in [3.63, 3.8) is 0 Å². The predicted molar refractivity (Wildman–Crippen MR) is 109 cm³/mol. The zero-order valence-electron chi connectivity index (χ0n) is 17.5. The van der Waals surface area contributed by atoms with Gasteiger partial charge in [0.05, 0.1) is 12.6 Å². The summed E-state index contributed by atoms with van der Waals surface area (Å²) in [6.45, 7) is 0.760. The normalized spacial score (nSPS) is 16.6. The van der Waals surface area contributed by atoms with Gasteiger partial charge in [-0.05, 0) is 36.8 Å². The van der Waals surface area contributed by atoms with Gasteiger partial charge in [-0.15, -0.1) is 0 Å². The minimum atomic E-state index is -4.44. The number of rotatable bonds is 8. The van der Waals surface area contributed by atoms with Gasteiger partial charge < -0.3 is 15.0 Å². The van der Waals surface area contributed by atoms with Crippen LogP contribution in [0.25, 0.3) is 0 Å². The van der Waals surface area contributed by atoms with Crippen LogP contribution in [0.1, 0.15) is 60.1 Å². The van der Waals surface area contributed by atoms with Crippen LogP contribution in [0.4, 0.5) is 19.0 Å². The van der Waals surface area contributed by atoms with Crippen LogP contribution >= 0.6 is 0 Å². The highest BCUT2D eigenvalue weighted by molar-refractivity contribution is 6.01. The van der Waals surface area contributed by atoms with E-state index in [4.69, 9.17) is 0 Å². The number of pyridine rings is 2. The summed E-state index contributed by atoms with van der Waals surface area (Å²) in [5.41, 5.74) is 1.83. The third kappa shape index (κ3) is 5.00. The molecular formula is C22H23F3N4O3. The second-order valence-corrected chi connectivity index (χ2v) is 8.07. The SMILES string of the molecule is CCC(c1ccc(OCC(F)(F)F)nc1)N1Cc2c(ccnc2NC(=O)CC2CC2)C1=O. The number of alkyl halides is 3. The van der Waals surface area contributed by atoms with Crippen molar-refractivity contribution in [2.75, 3.05) is 11.9 Å². The Balaban J connectivity index is 1.49. The summed E-state index contributed by atoms with van der Waals surface area (Å²) < 4.78 is 41.6. The molecule has 2 aromatic heterocycles. The van der Waals surface area contributed by atoms with E-state index in [-0.39, 0.29) is 30.3 Å². The molecule has 2 aliphatic rings. The number of aromatic nitrogens is 2. The third-order valence-electron chi connectivity index (χ3n) is 5.59. The quantitative estimate of drug-likeness (QED) is 0.652. The molecule has 7 nitrogen and oxygen atoms in total. The standard InChI is InChI=1S/C22H23F3N4O3/c1-2-17(14-5-6-19(27-10-14)32-12-22(23,24)25)29-11-16-15(21(29)31)7-8-26-20(16)28-18(30)9-13-3-4-13/h5-8,10,13,17H,2-4,9,11-12H2,1H3,(H,26,28,30). The number of hydrogen-bond donors (Lipinski definition) is 1. The lowest BCUT2D eigenvalue weighted by atomic mass is 10.1. The largest absolute Gasteiger partial charge is 0.468 e. The van der Waals surface area contributed by atoms with Crippen LogP contribution in [0.5, 0.6) is 5.88 Å². The maximum Gasteiger partial charge on any atom is 0.422 e. The van der Waals surface area contributed by atoms with Crippen LogP contribution in [0, 0.1) is 5.92 Å². The van der Waals surface area contributed by atoms with Crippen molar-refractivity contribution >= 4 is 17.6 Å². The molecule has 3 heterocycles. The number of anilines is 1. The Labute approximate surface area is 183 Å². The summed E-state index contributed by atoms with van der Waals surface area (Å²) in [7, 11) is 0. The fourth-order valence-corrected chi connectivity index (χ4v) is 3.84. The van der Waals surface area contributed by atoms with Crippen molar-refractivity contribution in [3.8, 4) is 5.88 Å². The van der Waals surface area contributed by atoms with Crippen LogP contribution in [0.2, 0.25) is 0 Å². The number of halogens is 3. The fraction of sp³-hybridized carbons (Fsp3) is 0.455.